The molecule has 4 nitrogen and oxygen atoms in total. The van der Waals surface area contributed by atoms with Crippen LogP contribution in [0.2, 0.25) is 5.02 Å². The number of pyridine rings is 1. The zero-order valence-electron chi connectivity index (χ0n) is 19.6. The van der Waals surface area contributed by atoms with Gasteiger partial charge in [0.15, 0.2) is 12.4 Å². The van der Waals surface area contributed by atoms with Crippen molar-refractivity contribution < 1.29 is 42.9 Å². The highest BCUT2D eigenvalue weighted by molar-refractivity contribution is 8.01. The van der Waals surface area contributed by atoms with Gasteiger partial charge < -0.3 is 28.7 Å². The minimum absolute atomic E-state index is 0. The smallest absolute Gasteiger partial charge is 0.310 e. The first-order valence-corrected chi connectivity index (χ1v) is 12.8. The van der Waals surface area contributed by atoms with Crippen LogP contribution in [0.1, 0.15) is 47.1 Å². The van der Waals surface area contributed by atoms with Crippen molar-refractivity contribution in [1.82, 2.24) is 0 Å². The molecule has 0 aliphatic heterocycles. The maximum absolute atomic E-state index is 13.5. The fourth-order valence-corrected chi connectivity index (χ4v) is 5.93. The van der Waals surface area contributed by atoms with Gasteiger partial charge in [0.25, 0.3) is 0 Å². The lowest BCUT2D eigenvalue weighted by atomic mass is 10.0. The monoisotopic (exact) mass is 627 g/mol. The average Bonchev–Trinajstić information content (AvgIpc) is 3.12. The predicted octanol–water partition coefficient (Wildman–Crippen LogP) is 3.39. The van der Waals surface area contributed by atoms with Crippen LogP contribution in [0.25, 0.3) is 5.69 Å². The molecular formula is C26H27ClINO3S2. The van der Waals surface area contributed by atoms with Crippen LogP contribution in [-0.2, 0) is 16.0 Å². The molecule has 3 rings (SSSR count). The number of nitrogens with zero attached hydrogens (tertiary/aromatic N) is 1. The molecule has 0 saturated carbocycles. The van der Waals surface area contributed by atoms with Gasteiger partial charge in [0.05, 0.1) is 23.5 Å². The zero-order chi connectivity index (χ0) is 24.0. The van der Waals surface area contributed by atoms with Crippen LogP contribution in [0.15, 0.2) is 64.7 Å². The van der Waals surface area contributed by atoms with Crippen molar-refractivity contribution in [2.75, 3.05) is 12.4 Å². The third-order valence-electron chi connectivity index (χ3n) is 4.85. The van der Waals surface area contributed by atoms with Crippen LogP contribution in [0.4, 0.5) is 0 Å². The van der Waals surface area contributed by atoms with Gasteiger partial charge in [-0.25, -0.2) is 0 Å². The molecule has 180 valence electrons. The van der Waals surface area contributed by atoms with Crippen molar-refractivity contribution in [3.63, 3.8) is 0 Å². The predicted molar refractivity (Wildman–Crippen MR) is 136 cm³/mol. The first-order valence-electron chi connectivity index (χ1n) is 10.7. The fourth-order valence-electron chi connectivity index (χ4n) is 3.16. The van der Waals surface area contributed by atoms with Crippen LogP contribution in [-0.4, -0.2) is 24.1 Å². The maximum atomic E-state index is 13.5. The van der Waals surface area contributed by atoms with Crippen LogP contribution in [0, 0.1) is 6.92 Å². The van der Waals surface area contributed by atoms with E-state index in [-0.39, 0.29) is 42.2 Å². The normalized spacial score (nSPS) is 10.4. The number of ether oxygens (including phenoxy) is 1. The van der Waals surface area contributed by atoms with E-state index in [1.165, 1.54) is 16.9 Å². The second kappa shape index (κ2) is 13.4. The van der Waals surface area contributed by atoms with E-state index in [1.54, 1.807) is 43.0 Å². The number of hydrogen-bond acceptors (Lipinski definition) is 5. The third kappa shape index (κ3) is 7.41. The highest BCUT2D eigenvalue weighted by atomic mass is 127. The van der Waals surface area contributed by atoms with Crippen LogP contribution in [0.3, 0.4) is 0 Å². The summed E-state index contributed by atoms with van der Waals surface area (Å²) in [5.74, 6) is 0.296. The number of thioether (sulfide) groups is 1. The summed E-state index contributed by atoms with van der Waals surface area (Å²) >= 11 is 9.11. The molecule has 0 N–H and O–H groups in total. The van der Waals surface area contributed by atoms with E-state index in [0.29, 0.717) is 27.6 Å². The molecule has 0 aliphatic rings. The molecule has 0 saturated heterocycles. The van der Waals surface area contributed by atoms with Gasteiger partial charge in [-0.3, -0.25) is 9.59 Å². The summed E-state index contributed by atoms with van der Waals surface area (Å²) in [7, 11) is 0. The Morgan fingerprint density at radius 2 is 1.76 bits per heavy atom. The van der Waals surface area contributed by atoms with Crippen molar-refractivity contribution in [3.8, 4) is 5.69 Å². The van der Waals surface area contributed by atoms with E-state index in [0.717, 1.165) is 21.2 Å². The molecule has 0 bridgehead atoms. The Hall–Kier alpha value is -1.68. The molecule has 8 heteroatoms. The van der Waals surface area contributed by atoms with Gasteiger partial charge in [-0.05, 0) is 57.5 Å². The fraction of sp³-hybridized carbons (Fsp3) is 0.269. The SMILES string of the molecule is CCOC(=O)Cc1c(C(=O)c2ccc(Cl)cc2)sc(SCC=C(C)C)c1-[n+]1ccc(C)cc1.[I-]. The number of esters is 1. The first kappa shape index (κ1) is 28.6. The molecule has 2 aromatic heterocycles. The van der Waals surface area contributed by atoms with Crippen LogP contribution in [0.5, 0.6) is 0 Å². The minimum atomic E-state index is -0.352. The van der Waals surface area contributed by atoms with Crippen LogP contribution >= 0.6 is 34.7 Å². The average molecular weight is 628 g/mol. The summed E-state index contributed by atoms with van der Waals surface area (Å²) < 4.78 is 8.22. The van der Waals surface area contributed by atoms with E-state index >= 15 is 0 Å². The quantitative estimate of drug-likeness (QED) is 0.0912. The highest BCUT2D eigenvalue weighted by Gasteiger charge is 2.31. The molecule has 0 spiro atoms. The molecule has 34 heavy (non-hydrogen) atoms. The number of thiophene rings is 1. The molecule has 0 atom stereocenters. The summed E-state index contributed by atoms with van der Waals surface area (Å²) in [6, 6.07) is 10.9. The molecule has 2 heterocycles. The number of allylic oxidation sites excluding steroid dienone is 1. The Bertz CT molecular complexity index is 1170. The molecule has 0 amide bonds. The Balaban J connectivity index is 0.00000408. The van der Waals surface area contributed by atoms with Gasteiger partial charge in [-0.1, -0.05) is 23.3 Å². The number of ketones is 1. The second-order valence-corrected chi connectivity index (χ2v) is 10.5. The zero-order valence-corrected chi connectivity index (χ0v) is 24.1. The van der Waals surface area contributed by atoms with Gasteiger partial charge in [-0.15, -0.1) is 23.1 Å². The van der Waals surface area contributed by atoms with Gasteiger partial charge in [0.2, 0.25) is 11.5 Å². The molecule has 0 aliphatic carbocycles. The van der Waals surface area contributed by atoms with Gasteiger partial charge in [-0.2, -0.15) is 4.57 Å². The first-order chi connectivity index (χ1) is 15.8. The van der Waals surface area contributed by atoms with Crippen molar-refractivity contribution in [2.24, 2.45) is 0 Å². The molecule has 0 fully saturated rings. The van der Waals surface area contributed by atoms with Gasteiger partial charge in [0, 0.05) is 28.5 Å². The molecular weight excluding hydrogens is 601 g/mol. The van der Waals surface area contributed by atoms with Crippen molar-refractivity contribution in [3.05, 3.63) is 87.0 Å². The van der Waals surface area contributed by atoms with Crippen molar-refractivity contribution in [1.29, 1.82) is 0 Å². The number of benzene rings is 1. The highest BCUT2D eigenvalue weighted by Crippen LogP contribution is 2.38. The van der Waals surface area contributed by atoms with Gasteiger partial charge in [0.1, 0.15) is 4.21 Å². The summed E-state index contributed by atoms with van der Waals surface area (Å²) in [5.41, 5.74) is 4.44. The lowest BCUT2D eigenvalue weighted by Crippen LogP contribution is -3.00. The van der Waals surface area contributed by atoms with Crippen LogP contribution < -0.4 is 28.5 Å². The number of carbonyl (C=O) groups is 2. The van der Waals surface area contributed by atoms with E-state index in [9.17, 15) is 9.59 Å². The standard InChI is InChI=1S/C26H27ClNO3S2.HI/c1-5-31-22(29)16-21-23(28-13-10-18(4)11-14-28)26(32-15-12-17(2)3)33-25(21)24(30)19-6-8-20(27)9-7-19;/h6-14H,5,15-16H2,1-4H3;1H/q+1;/p-1. The number of hydrogen-bond donors (Lipinski definition) is 0. The van der Waals surface area contributed by atoms with Crippen molar-refractivity contribution >= 4 is 46.5 Å². The lowest BCUT2D eigenvalue weighted by Gasteiger charge is -2.06. The Morgan fingerprint density at radius 3 is 2.35 bits per heavy atom. The molecule has 0 radical (unpaired) electrons. The van der Waals surface area contributed by atoms with E-state index < -0.39 is 0 Å². The number of carbonyl (C=O) groups excluding carboxylic acids is 2. The summed E-state index contributed by atoms with van der Waals surface area (Å²) in [4.78, 5) is 26.6. The lowest BCUT2D eigenvalue weighted by molar-refractivity contribution is -0.598. The molecule has 1 aromatic carbocycles. The topological polar surface area (TPSA) is 47.3 Å². The molecule has 0 unspecified atom stereocenters. The number of aromatic nitrogens is 1. The minimum Gasteiger partial charge on any atom is -1.00 e. The second-order valence-electron chi connectivity index (χ2n) is 7.74. The van der Waals surface area contributed by atoms with Gasteiger partial charge >= 0.3 is 5.97 Å². The Labute approximate surface area is 231 Å². The van der Waals surface area contributed by atoms with E-state index in [2.05, 4.69) is 19.9 Å². The van der Waals surface area contributed by atoms with E-state index in [1.807, 2.05) is 36.0 Å². The number of halogens is 2. The number of aryl methyl sites for hydroxylation is 1. The Kier molecular flexibility index (Phi) is 11.3. The Morgan fingerprint density at radius 1 is 1.12 bits per heavy atom. The summed E-state index contributed by atoms with van der Waals surface area (Å²) in [5, 5.41) is 0.568. The number of rotatable bonds is 9. The maximum Gasteiger partial charge on any atom is 0.310 e. The largest absolute Gasteiger partial charge is 1.00 e. The van der Waals surface area contributed by atoms with Crippen molar-refractivity contribution in [2.45, 2.75) is 38.3 Å². The molecule has 3 aromatic rings. The third-order valence-corrected chi connectivity index (χ3v) is 7.51. The van der Waals surface area contributed by atoms with E-state index in [4.69, 9.17) is 16.3 Å². The summed E-state index contributed by atoms with van der Waals surface area (Å²) in [6.07, 6.45) is 6.11. The summed E-state index contributed by atoms with van der Waals surface area (Å²) in [6.45, 7) is 8.22.